The molecule has 2 aromatic rings. The number of pyridine rings is 1. The first-order valence-corrected chi connectivity index (χ1v) is 7.56. The van der Waals surface area contributed by atoms with Crippen molar-refractivity contribution in [3.63, 3.8) is 0 Å². The number of likely N-dealkylation sites (tertiary alicyclic amines) is 1. The van der Waals surface area contributed by atoms with Crippen molar-refractivity contribution in [3.8, 4) is 0 Å². The van der Waals surface area contributed by atoms with E-state index in [-0.39, 0.29) is 23.0 Å². The van der Waals surface area contributed by atoms with Crippen LogP contribution in [-0.4, -0.2) is 34.3 Å². The molecule has 6 nitrogen and oxygen atoms in total. The summed E-state index contributed by atoms with van der Waals surface area (Å²) in [5, 5.41) is 2.64. The van der Waals surface area contributed by atoms with Gasteiger partial charge in [-0.3, -0.25) is 14.4 Å². The van der Waals surface area contributed by atoms with E-state index in [4.69, 9.17) is 0 Å². The van der Waals surface area contributed by atoms with E-state index >= 15 is 0 Å². The van der Waals surface area contributed by atoms with Crippen LogP contribution in [0.4, 0.5) is 4.39 Å². The van der Waals surface area contributed by atoms with Crippen LogP contribution < -0.4 is 10.9 Å². The van der Waals surface area contributed by atoms with Gasteiger partial charge in [0.2, 0.25) is 11.5 Å². The number of nitrogens with zero attached hydrogens (tertiary/aromatic N) is 1. The van der Waals surface area contributed by atoms with Crippen molar-refractivity contribution in [3.05, 3.63) is 69.9 Å². The summed E-state index contributed by atoms with van der Waals surface area (Å²) in [6.45, 7) is 0.875. The molecule has 7 heteroatoms. The molecule has 2 amide bonds. The third-order valence-corrected chi connectivity index (χ3v) is 3.90. The molecule has 3 rings (SSSR count). The maximum absolute atomic E-state index is 12.9. The average Bonchev–Trinajstić information content (AvgIpc) is 2.90. The minimum absolute atomic E-state index is 0.118. The Bertz CT molecular complexity index is 816. The van der Waals surface area contributed by atoms with Gasteiger partial charge < -0.3 is 15.2 Å². The highest BCUT2D eigenvalue weighted by molar-refractivity contribution is 5.96. The van der Waals surface area contributed by atoms with Crippen LogP contribution in [0.5, 0.6) is 0 Å². The van der Waals surface area contributed by atoms with Gasteiger partial charge in [0.25, 0.3) is 5.91 Å². The number of rotatable bonds is 4. The quantitative estimate of drug-likeness (QED) is 0.879. The molecular weight excluding hydrogens is 313 g/mol. The van der Waals surface area contributed by atoms with Crippen molar-refractivity contribution in [2.45, 2.75) is 19.0 Å². The van der Waals surface area contributed by atoms with Crippen LogP contribution in [0.1, 0.15) is 22.5 Å². The maximum Gasteiger partial charge on any atom is 0.268 e. The average molecular weight is 329 g/mol. The van der Waals surface area contributed by atoms with Gasteiger partial charge in [0.05, 0.1) is 0 Å². The van der Waals surface area contributed by atoms with Crippen molar-refractivity contribution < 1.29 is 14.0 Å². The molecule has 1 fully saturated rings. The molecule has 1 aromatic heterocycles. The zero-order valence-electron chi connectivity index (χ0n) is 12.8. The maximum atomic E-state index is 12.9. The number of nitrogens with one attached hydrogen (secondary N) is 2. The van der Waals surface area contributed by atoms with E-state index in [1.807, 2.05) is 0 Å². The van der Waals surface area contributed by atoms with Crippen molar-refractivity contribution in [1.82, 2.24) is 15.2 Å². The lowest BCUT2D eigenvalue weighted by molar-refractivity contribution is -0.129. The topological polar surface area (TPSA) is 82.3 Å². The standard InChI is InChI=1S/C17H16FN3O3/c18-12-6-4-11(5-7-12)10-21-9-8-14(17(21)24)20-16(23)13-2-1-3-15(22)19-13/h1-7,14H,8-10H2,(H,19,22)(H,20,23). The Kier molecular flexibility index (Phi) is 4.41. The summed E-state index contributed by atoms with van der Waals surface area (Å²) in [7, 11) is 0. The predicted octanol–water partition coefficient (Wildman–Crippen LogP) is 1.04. The number of H-pyrrole nitrogens is 1. The molecule has 0 saturated carbocycles. The highest BCUT2D eigenvalue weighted by Crippen LogP contribution is 2.16. The third-order valence-electron chi connectivity index (χ3n) is 3.90. The zero-order chi connectivity index (χ0) is 17.1. The Morgan fingerprint density at radius 3 is 2.67 bits per heavy atom. The molecule has 0 spiro atoms. The van der Waals surface area contributed by atoms with E-state index in [1.54, 1.807) is 17.0 Å². The van der Waals surface area contributed by atoms with Crippen LogP contribution in [0.25, 0.3) is 0 Å². The molecular formula is C17H16FN3O3. The normalized spacial score (nSPS) is 17.1. The zero-order valence-corrected chi connectivity index (χ0v) is 12.8. The van der Waals surface area contributed by atoms with Crippen molar-refractivity contribution in [2.24, 2.45) is 0 Å². The van der Waals surface area contributed by atoms with E-state index in [0.717, 1.165) is 5.56 Å². The molecule has 1 atom stereocenters. The Balaban J connectivity index is 1.62. The van der Waals surface area contributed by atoms with Gasteiger partial charge in [-0.15, -0.1) is 0 Å². The van der Waals surface area contributed by atoms with Gasteiger partial charge >= 0.3 is 0 Å². The number of amides is 2. The highest BCUT2D eigenvalue weighted by atomic mass is 19.1. The molecule has 0 radical (unpaired) electrons. The lowest BCUT2D eigenvalue weighted by Crippen LogP contribution is -2.41. The van der Waals surface area contributed by atoms with Gasteiger partial charge in [-0.2, -0.15) is 0 Å². The van der Waals surface area contributed by atoms with Crippen LogP contribution in [0.3, 0.4) is 0 Å². The van der Waals surface area contributed by atoms with Gasteiger partial charge in [0.15, 0.2) is 0 Å². The van der Waals surface area contributed by atoms with Crippen LogP contribution >= 0.6 is 0 Å². The first-order valence-electron chi connectivity index (χ1n) is 7.56. The minimum atomic E-state index is -0.623. The molecule has 2 heterocycles. The van der Waals surface area contributed by atoms with Gasteiger partial charge in [0, 0.05) is 19.2 Å². The first-order chi connectivity index (χ1) is 11.5. The molecule has 1 saturated heterocycles. The van der Waals surface area contributed by atoms with E-state index < -0.39 is 11.9 Å². The predicted molar refractivity (Wildman–Crippen MR) is 84.8 cm³/mol. The van der Waals surface area contributed by atoms with Crippen LogP contribution in [0.2, 0.25) is 0 Å². The Hall–Kier alpha value is -2.96. The molecule has 1 unspecified atom stereocenters. The second-order valence-electron chi connectivity index (χ2n) is 5.63. The molecule has 1 aromatic carbocycles. The summed E-state index contributed by atoms with van der Waals surface area (Å²) >= 11 is 0. The van der Waals surface area contributed by atoms with Crippen LogP contribution in [-0.2, 0) is 11.3 Å². The minimum Gasteiger partial charge on any atom is -0.339 e. The molecule has 0 aliphatic carbocycles. The lowest BCUT2D eigenvalue weighted by Gasteiger charge is -2.17. The fraction of sp³-hybridized carbons (Fsp3) is 0.235. The summed E-state index contributed by atoms with van der Waals surface area (Å²) in [6, 6.07) is 9.59. The first kappa shape index (κ1) is 15.9. The van der Waals surface area contributed by atoms with Crippen molar-refractivity contribution in [1.29, 1.82) is 0 Å². The number of carbonyl (C=O) groups excluding carboxylic acids is 2. The number of benzene rings is 1. The Morgan fingerprint density at radius 1 is 1.21 bits per heavy atom. The van der Waals surface area contributed by atoms with E-state index in [0.29, 0.717) is 19.5 Å². The Labute approximate surface area is 137 Å². The fourth-order valence-corrected chi connectivity index (χ4v) is 2.66. The highest BCUT2D eigenvalue weighted by Gasteiger charge is 2.32. The SMILES string of the molecule is O=C(NC1CCN(Cc2ccc(F)cc2)C1=O)c1cccc(=O)[nH]1. The van der Waals surface area contributed by atoms with Gasteiger partial charge in [0.1, 0.15) is 17.6 Å². The number of hydrogen-bond acceptors (Lipinski definition) is 3. The molecule has 1 aliphatic rings. The van der Waals surface area contributed by atoms with Gasteiger partial charge in [-0.05, 0) is 30.2 Å². The summed E-state index contributed by atoms with van der Waals surface area (Å²) in [4.78, 5) is 39.8. The second kappa shape index (κ2) is 6.66. The number of aromatic amines is 1. The number of hydrogen-bond donors (Lipinski definition) is 2. The van der Waals surface area contributed by atoms with Gasteiger partial charge in [-0.25, -0.2) is 4.39 Å². The van der Waals surface area contributed by atoms with Crippen molar-refractivity contribution >= 4 is 11.8 Å². The molecule has 2 N–H and O–H groups in total. The summed E-state index contributed by atoms with van der Waals surface area (Å²) < 4.78 is 12.9. The van der Waals surface area contributed by atoms with Crippen LogP contribution in [0.15, 0.2) is 47.3 Å². The largest absolute Gasteiger partial charge is 0.339 e. The third kappa shape index (κ3) is 3.51. The summed E-state index contributed by atoms with van der Waals surface area (Å²) in [6.07, 6.45) is 0.489. The van der Waals surface area contributed by atoms with E-state index in [9.17, 15) is 18.8 Å². The molecule has 1 aliphatic heterocycles. The smallest absolute Gasteiger partial charge is 0.268 e. The van der Waals surface area contributed by atoms with E-state index in [1.165, 1.54) is 30.3 Å². The number of carbonyl (C=O) groups is 2. The Morgan fingerprint density at radius 2 is 1.96 bits per heavy atom. The van der Waals surface area contributed by atoms with Gasteiger partial charge in [-0.1, -0.05) is 18.2 Å². The number of aromatic nitrogens is 1. The molecule has 124 valence electrons. The number of halogens is 1. The van der Waals surface area contributed by atoms with Crippen molar-refractivity contribution in [2.75, 3.05) is 6.54 Å². The fourth-order valence-electron chi connectivity index (χ4n) is 2.66. The van der Waals surface area contributed by atoms with Crippen LogP contribution in [0, 0.1) is 5.82 Å². The summed E-state index contributed by atoms with van der Waals surface area (Å²) in [5.41, 5.74) is 0.565. The van der Waals surface area contributed by atoms with E-state index in [2.05, 4.69) is 10.3 Å². The molecule has 24 heavy (non-hydrogen) atoms. The summed E-state index contributed by atoms with van der Waals surface area (Å²) in [5.74, 6) is -1.01. The second-order valence-corrected chi connectivity index (χ2v) is 5.63. The molecule has 0 bridgehead atoms. The monoisotopic (exact) mass is 329 g/mol. The lowest BCUT2D eigenvalue weighted by atomic mass is 10.2.